The molecule has 0 aliphatic heterocycles. The van der Waals surface area contributed by atoms with Gasteiger partial charge in [-0.25, -0.2) is 4.79 Å². The average molecular weight is 294 g/mol. The van der Waals surface area contributed by atoms with Crippen molar-refractivity contribution in [2.75, 3.05) is 11.9 Å². The van der Waals surface area contributed by atoms with Crippen LogP contribution in [-0.2, 0) is 0 Å². The second-order valence-electron chi connectivity index (χ2n) is 3.73. The highest BCUT2D eigenvalue weighted by Crippen LogP contribution is 2.24. The molecule has 0 spiro atoms. The Labute approximate surface area is 109 Å². The standard InChI is InChI=1S/C10H9F3N2O5/c11-10(12,13)8(16)4-14-5-1-2-7(15(19)20)6(3-5)9(17)18/h1-3,8,14,16H,4H2,(H,17,18). The number of aliphatic hydroxyl groups is 1. The lowest BCUT2D eigenvalue weighted by Crippen LogP contribution is -2.35. The molecule has 0 bridgehead atoms. The van der Waals surface area contributed by atoms with Gasteiger partial charge < -0.3 is 15.5 Å². The Balaban J connectivity index is 2.91. The molecule has 3 N–H and O–H groups in total. The zero-order chi connectivity index (χ0) is 15.5. The van der Waals surface area contributed by atoms with Crippen molar-refractivity contribution >= 4 is 17.3 Å². The van der Waals surface area contributed by atoms with Crippen molar-refractivity contribution < 1.29 is 33.1 Å². The van der Waals surface area contributed by atoms with Gasteiger partial charge in [0, 0.05) is 18.3 Å². The van der Waals surface area contributed by atoms with Gasteiger partial charge in [0.1, 0.15) is 5.56 Å². The number of carboxylic acid groups (broad SMARTS) is 1. The number of nitrogens with zero attached hydrogens (tertiary/aromatic N) is 1. The Bertz CT molecular complexity index is 532. The normalized spacial score (nSPS) is 12.8. The van der Waals surface area contributed by atoms with Crippen LogP contribution in [0.25, 0.3) is 0 Å². The van der Waals surface area contributed by atoms with E-state index in [9.17, 15) is 28.1 Å². The molecule has 1 rings (SSSR count). The van der Waals surface area contributed by atoms with E-state index in [-0.39, 0.29) is 5.69 Å². The fourth-order valence-electron chi connectivity index (χ4n) is 1.31. The number of rotatable bonds is 5. The lowest BCUT2D eigenvalue weighted by atomic mass is 10.1. The van der Waals surface area contributed by atoms with Gasteiger partial charge in [-0.05, 0) is 12.1 Å². The summed E-state index contributed by atoms with van der Waals surface area (Å²) in [7, 11) is 0. The van der Waals surface area contributed by atoms with Crippen LogP contribution >= 0.6 is 0 Å². The summed E-state index contributed by atoms with van der Waals surface area (Å²) in [6.45, 7) is -0.902. The summed E-state index contributed by atoms with van der Waals surface area (Å²) in [4.78, 5) is 20.5. The molecule has 0 radical (unpaired) electrons. The number of nitro benzene ring substituents is 1. The molecule has 110 valence electrons. The van der Waals surface area contributed by atoms with E-state index in [1.807, 2.05) is 0 Å². The fourth-order valence-corrected chi connectivity index (χ4v) is 1.31. The Morgan fingerprint density at radius 2 is 2.05 bits per heavy atom. The first-order chi connectivity index (χ1) is 9.12. The number of hydrogen-bond acceptors (Lipinski definition) is 5. The van der Waals surface area contributed by atoms with Crippen LogP contribution in [0.5, 0.6) is 0 Å². The first kappa shape index (κ1) is 15.7. The summed E-state index contributed by atoms with van der Waals surface area (Å²) in [5.41, 5.74) is -1.43. The quantitative estimate of drug-likeness (QED) is 0.562. The number of carboxylic acids is 1. The molecule has 1 aromatic rings. The van der Waals surface area contributed by atoms with Crippen molar-refractivity contribution in [1.29, 1.82) is 0 Å². The lowest BCUT2D eigenvalue weighted by Gasteiger charge is -2.15. The van der Waals surface area contributed by atoms with Crippen molar-refractivity contribution in [3.05, 3.63) is 33.9 Å². The number of alkyl halides is 3. The van der Waals surface area contributed by atoms with Gasteiger partial charge >= 0.3 is 12.1 Å². The van der Waals surface area contributed by atoms with Crippen molar-refractivity contribution in [3.8, 4) is 0 Å². The number of carbonyl (C=O) groups is 1. The maximum Gasteiger partial charge on any atom is 0.416 e. The number of aromatic carboxylic acids is 1. The zero-order valence-electron chi connectivity index (χ0n) is 9.72. The van der Waals surface area contributed by atoms with Gasteiger partial charge in [0.15, 0.2) is 6.10 Å². The van der Waals surface area contributed by atoms with E-state index < -0.39 is 41.0 Å². The monoisotopic (exact) mass is 294 g/mol. The Kier molecular flexibility index (Phi) is 4.50. The summed E-state index contributed by atoms with van der Waals surface area (Å²) in [5.74, 6) is -1.59. The highest BCUT2D eigenvalue weighted by Gasteiger charge is 2.37. The minimum atomic E-state index is -4.82. The predicted octanol–water partition coefficient (Wildman–Crippen LogP) is 1.63. The summed E-state index contributed by atoms with van der Waals surface area (Å²) >= 11 is 0. The second-order valence-corrected chi connectivity index (χ2v) is 3.73. The molecule has 0 saturated heterocycles. The van der Waals surface area contributed by atoms with Gasteiger partial charge in [-0.3, -0.25) is 10.1 Å². The van der Waals surface area contributed by atoms with E-state index in [1.54, 1.807) is 0 Å². The van der Waals surface area contributed by atoms with Crippen LogP contribution in [0, 0.1) is 10.1 Å². The Hall–Kier alpha value is -2.36. The van der Waals surface area contributed by atoms with E-state index in [2.05, 4.69) is 5.32 Å². The largest absolute Gasteiger partial charge is 0.477 e. The number of nitro groups is 1. The first-order valence-corrected chi connectivity index (χ1v) is 5.13. The summed E-state index contributed by atoms with van der Waals surface area (Å²) in [5, 5.41) is 30.3. The number of anilines is 1. The van der Waals surface area contributed by atoms with E-state index in [0.717, 1.165) is 18.2 Å². The molecule has 0 aliphatic rings. The third-order valence-corrected chi connectivity index (χ3v) is 2.30. The topological polar surface area (TPSA) is 113 Å². The first-order valence-electron chi connectivity index (χ1n) is 5.13. The molecule has 1 aromatic carbocycles. The van der Waals surface area contributed by atoms with Crippen LogP contribution in [0.15, 0.2) is 18.2 Å². The molecule has 0 saturated carbocycles. The molecule has 1 atom stereocenters. The Morgan fingerprint density at radius 3 is 2.50 bits per heavy atom. The summed E-state index contributed by atoms with van der Waals surface area (Å²) in [6.07, 6.45) is -7.45. The van der Waals surface area contributed by atoms with Gasteiger partial charge in [0.2, 0.25) is 0 Å². The van der Waals surface area contributed by atoms with E-state index in [0.29, 0.717) is 0 Å². The van der Waals surface area contributed by atoms with Crippen molar-refractivity contribution in [2.24, 2.45) is 0 Å². The maximum atomic E-state index is 12.1. The molecule has 0 aliphatic carbocycles. The third-order valence-electron chi connectivity index (χ3n) is 2.30. The molecule has 0 aromatic heterocycles. The SMILES string of the molecule is O=C(O)c1cc(NCC(O)C(F)(F)F)ccc1[N+](=O)[O-]. The molecule has 1 unspecified atom stereocenters. The van der Waals surface area contributed by atoms with Crippen molar-refractivity contribution in [2.45, 2.75) is 12.3 Å². The van der Waals surface area contributed by atoms with Crippen LogP contribution in [0.3, 0.4) is 0 Å². The van der Waals surface area contributed by atoms with E-state index >= 15 is 0 Å². The highest BCUT2D eigenvalue weighted by molar-refractivity contribution is 5.93. The minimum absolute atomic E-state index is 0.0868. The predicted molar refractivity (Wildman–Crippen MR) is 60.6 cm³/mol. The summed E-state index contributed by atoms with van der Waals surface area (Å²) < 4.78 is 36.2. The van der Waals surface area contributed by atoms with Crippen LogP contribution in [0.1, 0.15) is 10.4 Å². The second kappa shape index (κ2) is 5.74. The number of aliphatic hydroxyl groups excluding tert-OH is 1. The van der Waals surface area contributed by atoms with E-state index in [1.165, 1.54) is 0 Å². The number of halogens is 3. The molecular weight excluding hydrogens is 285 g/mol. The fraction of sp³-hybridized carbons (Fsp3) is 0.300. The zero-order valence-corrected chi connectivity index (χ0v) is 9.72. The van der Waals surface area contributed by atoms with Crippen LogP contribution < -0.4 is 5.32 Å². The highest BCUT2D eigenvalue weighted by atomic mass is 19.4. The molecule has 20 heavy (non-hydrogen) atoms. The number of nitrogens with one attached hydrogen (secondary N) is 1. The molecule has 7 nitrogen and oxygen atoms in total. The molecule has 0 heterocycles. The number of benzene rings is 1. The van der Waals surface area contributed by atoms with E-state index in [4.69, 9.17) is 10.2 Å². The third kappa shape index (κ3) is 3.82. The van der Waals surface area contributed by atoms with Gasteiger partial charge in [0.25, 0.3) is 5.69 Å². The number of hydrogen-bond donors (Lipinski definition) is 3. The van der Waals surface area contributed by atoms with Gasteiger partial charge in [0.05, 0.1) is 4.92 Å². The van der Waals surface area contributed by atoms with Crippen LogP contribution in [0.4, 0.5) is 24.5 Å². The van der Waals surface area contributed by atoms with Gasteiger partial charge in [-0.15, -0.1) is 0 Å². The smallest absolute Gasteiger partial charge is 0.416 e. The van der Waals surface area contributed by atoms with Crippen LogP contribution in [-0.4, -0.2) is 39.9 Å². The van der Waals surface area contributed by atoms with Gasteiger partial charge in [-0.1, -0.05) is 0 Å². The lowest BCUT2D eigenvalue weighted by molar-refractivity contribution is -0.385. The average Bonchev–Trinajstić information content (AvgIpc) is 2.34. The molecule has 10 heteroatoms. The molecule has 0 amide bonds. The molecular formula is C10H9F3N2O5. The van der Waals surface area contributed by atoms with Crippen LogP contribution in [0.2, 0.25) is 0 Å². The maximum absolute atomic E-state index is 12.1. The minimum Gasteiger partial charge on any atom is -0.477 e. The molecule has 0 fully saturated rings. The van der Waals surface area contributed by atoms with Gasteiger partial charge in [-0.2, -0.15) is 13.2 Å². The van der Waals surface area contributed by atoms with Crippen molar-refractivity contribution in [3.63, 3.8) is 0 Å². The van der Waals surface area contributed by atoms with Crippen molar-refractivity contribution in [1.82, 2.24) is 0 Å². The Morgan fingerprint density at radius 1 is 1.45 bits per heavy atom. The summed E-state index contributed by atoms with van der Waals surface area (Å²) in [6, 6.07) is 2.73.